The molecule has 0 aliphatic carbocycles. The van der Waals surface area contributed by atoms with Gasteiger partial charge >= 0.3 is 0 Å². The SMILES string of the molecule is C=C/C=C\C(NS(=O)(=O)c1ccccc1)=C(/C=C)C(C)=O.CC.CC.CC.CC. The second-order valence-corrected chi connectivity index (χ2v) is 5.78. The van der Waals surface area contributed by atoms with Gasteiger partial charge in [0, 0.05) is 5.57 Å². The van der Waals surface area contributed by atoms with Gasteiger partial charge in [-0.3, -0.25) is 9.52 Å². The molecule has 1 aromatic rings. The third-order valence-electron chi connectivity index (χ3n) is 2.57. The number of rotatable bonds is 7. The number of sulfonamides is 1. The summed E-state index contributed by atoms with van der Waals surface area (Å²) in [5, 5.41) is 0. The van der Waals surface area contributed by atoms with Crippen molar-refractivity contribution in [2.75, 3.05) is 0 Å². The van der Waals surface area contributed by atoms with Gasteiger partial charge in [-0.2, -0.15) is 0 Å². The van der Waals surface area contributed by atoms with Gasteiger partial charge in [-0.1, -0.05) is 105 Å². The molecule has 1 N–H and O–H groups in total. The number of nitrogens with one attached hydrogen (secondary N) is 1. The molecule has 0 bridgehead atoms. The topological polar surface area (TPSA) is 63.2 Å². The van der Waals surface area contributed by atoms with Crippen molar-refractivity contribution in [1.29, 1.82) is 0 Å². The molecule has 4 nitrogen and oxygen atoms in total. The van der Waals surface area contributed by atoms with E-state index in [2.05, 4.69) is 17.9 Å². The normalized spacial score (nSPS) is 9.97. The summed E-state index contributed by atoms with van der Waals surface area (Å²) >= 11 is 0. The van der Waals surface area contributed by atoms with Crippen LogP contribution in [0.4, 0.5) is 0 Å². The molecule has 0 heterocycles. The molecule has 0 fully saturated rings. The number of hydrogen-bond donors (Lipinski definition) is 1. The van der Waals surface area contributed by atoms with E-state index >= 15 is 0 Å². The molecule has 29 heavy (non-hydrogen) atoms. The third-order valence-corrected chi connectivity index (χ3v) is 3.95. The molecule has 0 saturated heterocycles. The van der Waals surface area contributed by atoms with E-state index in [1.54, 1.807) is 18.2 Å². The Bertz CT molecular complexity index is 701. The molecular formula is C24H41NO3S. The summed E-state index contributed by atoms with van der Waals surface area (Å²) in [7, 11) is -3.77. The van der Waals surface area contributed by atoms with Gasteiger partial charge in [-0.25, -0.2) is 8.42 Å². The summed E-state index contributed by atoms with van der Waals surface area (Å²) in [6.45, 7) is 24.4. The average molecular weight is 424 g/mol. The van der Waals surface area contributed by atoms with E-state index in [9.17, 15) is 13.2 Å². The lowest BCUT2D eigenvalue weighted by atomic mass is 10.1. The lowest BCUT2D eigenvalue weighted by Gasteiger charge is -2.11. The average Bonchev–Trinajstić information content (AvgIpc) is 2.78. The van der Waals surface area contributed by atoms with Crippen LogP contribution in [0, 0.1) is 0 Å². The minimum atomic E-state index is -3.77. The van der Waals surface area contributed by atoms with Crippen molar-refractivity contribution >= 4 is 15.8 Å². The van der Waals surface area contributed by atoms with Crippen LogP contribution in [0.1, 0.15) is 62.3 Å². The minimum absolute atomic E-state index is 0.112. The van der Waals surface area contributed by atoms with E-state index in [1.165, 1.54) is 43.4 Å². The molecule has 0 amide bonds. The van der Waals surface area contributed by atoms with Gasteiger partial charge in [-0.15, -0.1) is 0 Å². The summed E-state index contributed by atoms with van der Waals surface area (Å²) in [4.78, 5) is 11.7. The maximum absolute atomic E-state index is 12.3. The zero-order valence-electron chi connectivity index (χ0n) is 19.7. The number of Topliss-reactive ketones (excluding diaryl/α,β-unsaturated/α-hetero) is 1. The molecule has 0 saturated carbocycles. The fourth-order valence-corrected chi connectivity index (χ4v) is 2.69. The molecular weight excluding hydrogens is 382 g/mol. The second-order valence-electron chi connectivity index (χ2n) is 4.10. The highest BCUT2D eigenvalue weighted by Crippen LogP contribution is 2.13. The fraction of sp³-hybridized carbons (Fsp3) is 0.375. The summed E-state index contributed by atoms with van der Waals surface area (Å²) in [5.74, 6) is -0.288. The quantitative estimate of drug-likeness (QED) is 0.385. The highest BCUT2D eigenvalue weighted by atomic mass is 32.2. The molecule has 1 rings (SSSR count). The van der Waals surface area contributed by atoms with E-state index in [0.29, 0.717) is 0 Å². The molecule has 1 aromatic carbocycles. The first-order valence-electron chi connectivity index (χ1n) is 10.2. The number of allylic oxidation sites excluding steroid dienone is 5. The van der Waals surface area contributed by atoms with Crippen LogP contribution in [-0.2, 0) is 14.8 Å². The highest BCUT2D eigenvalue weighted by molar-refractivity contribution is 7.89. The highest BCUT2D eigenvalue weighted by Gasteiger charge is 2.16. The first kappa shape index (κ1) is 34.1. The molecule has 0 atom stereocenters. The van der Waals surface area contributed by atoms with E-state index in [0.717, 1.165) is 0 Å². The smallest absolute Gasteiger partial charge is 0.261 e. The zero-order chi connectivity index (χ0) is 23.9. The van der Waals surface area contributed by atoms with Crippen LogP contribution in [0.15, 0.2) is 84.0 Å². The molecule has 0 spiro atoms. The number of carbonyl (C=O) groups is 1. The van der Waals surface area contributed by atoms with E-state index in [1.807, 2.05) is 55.4 Å². The summed E-state index contributed by atoms with van der Waals surface area (Å²) in [6.07, 6.45) is 5.80. The number of carbonyl (C=O) groups excluding carboxylic acids is 1. The van der Waals surface area contributed by atoms with Gasteiger partial charge in [0.05, 0.1) is 10.6 Å². The third kappa shape index (κ3) is 15.2. The Morgan fingerprint density at radius 3 is 1.69 bits per heavy atom. The van der Waals surface area contributed by atoms with Crippen LogP contribution < -0.4 is 4.72 Å². The fourth-order valence-electron chi connectivity index (χ4n) is 1.59. The first-order chi connectivity index (χ1) is 13.9. The van der Waals surface area contributed by atoms with E-state index in [4.69, 9.17) is 0 Å². The van der Waals surface area contributed by atoms with Crippen molar-refractivity contribution in [3.63, 3.8) is 0 Å². The van der Waals surface area contributed by atoms with Crippen LogP contribution in [0.5, 0.6) is 0 Å². The van der Waals surface area contributed by atoms with Crippen molar-refractivity contribution in [1.82, 2.24) is 4.72 Å². The van der Waals surface area contributed by atoms with Crippen molar-refractivity contribution in [2.24, 2.45) is 0 Å². The van der Waals surface area contributed by atoms with Gasteiger partial charge in [0.2, 0.25) is 0 Å². The molecule has 0 radical (unpaired) electrons. The Kier molecular flexibility index (Phi) is 27.8. The first-order valence-corrected chi connectivity index (χ1v) is 11.7. The van der Waals surface area contributed by atoms with E-state index < -0.39 is 10.0 Å². The zero-order valence-corrected chi connectivity index (χ0v) is 20.6. The van der Waals surface area contributed by atoms with Crippen LogP contribution in [0.2, 0.25) is 0 Å². The maximum atomic E-state index is 12.3. The summed E-state index contributed by atoms with van der Waals surface area (Å²) < 4.78 is 27.0. The van der Waals surface area contributed by atoms with E-state index in [-0.39, 0.29) is 21.9 Å². The summed E-state index contributed by atoms with van der Waals surface area (Å²) in [5.41, 5.74) is 0.342. The largest absolute Gasteiger partial charge is 0.294 e. The van der Waals surface area contributed by atoms with Gasteiger partial charge in [0.25, 0.3) is 10.0 Å². The monoisotopic (exact) mass is 423 g/mol. The second kappa shape index (κ2) is 23.6. The van der Waals surface area contributed by atoms with Crippen molar-refractivity contribution in [2.45, 2.75) is 67.2 Å². The van der Waals surface area contributed by atoms with Gasteiger partial charge < -0.3 is 0 Å². The van der Waals surface area contributed by atoms with Gasteiger partial charge in [0.1, 0.15) is 0 Å². The van der Waals surface area contributed by atoms with Crippen LogP contribution in [-0.4, -0.2) is 14.2 Å². The number of benzene rings is 1. The maximum Gasteiger partial charge on any atom is 0.261 e. The number of ketones is 1. The van der Waals surface area contributed by atoms with Crippen molar-refractivity contribution < 1.29 is 13.2 Å². The summed E-state index contributed by atoms with van der Waals surface area (Å²) in [6, 6.07) is 7.91. The van der Waals surface area contributed by atoms with Crippen molar-refractivity contribution in [3.05, 3.63) is 79.1 Å². The standard InChI is InChI=1S/C16H17NO3S.4C2H6/c1-4-6-12-16(15(5-2)13(3)18)17-21(19,20)14-10-8-7-9-11-14;4*1-2/h4-12,17H,1-2H2,3H3;4*1-2H3/b12-6-,16-15-;;;;. The Hall–Kier alpha value is -2.40. The molecule has 166 valence electrons. The molecule has 0 aliphatic heterocycles. The van der Waals surface area contributed by atoms with Gasteiger partial charge in [-0.05, 0) is 25.1 Å². The van der Waals surface area contributed by atoms with Gasteiger partial charge in [0.15, 0.2) is 5.78 Å². The predicted octanol–water partition coefficient (Wildman–Crippen LogP) is 6.84. The van der Waals surface area contributed by atoms with Crippen LogP contribution in [0.25, 0.3) is 0 Å². The lowest BCUT2D eigenvalue weighted by Crippen LogP contribution is -2.24. The van der Waals surface area contributed by atoms with Crippen molar-refractivity contribution in [3.8, 4) is 0 Å². The molecule has 0 aromatic heterocycles. The Morgan fingerprint density at radius 2 is 1.34 bits per heavy atom. The Balaban J connectivity index is -0.000000347. The van der Waals surface area contributed by atoms with Crippen LogP contribution in [0.3, 0.4) is 0 Å². The number of hydrogen-bond acceptors (Lipinski definition) is 3. The molecule has 0 unspecified atom stereocenters. The molecule has 0 aliphatic rings. The Labute approximate surface area is 180 Å². The lowest BCUT2D eigenvalue weighted by molar-refractivity contribution is -0.113. The predicted molar refractivity (Wildman–Crippen MR) is 129 cm³/mol. The minimum Gasteiger partial charge on any atom is -0.294 e. The Morgan fingerprint density at radius 1 is 0.897 bits per heavy atom. The van der Waals surface area contributed by atoms with Crippen LogP contribution >= 0.6 is 0 Å². The molecule has 5 heteroatoms.